The minimum atomic E-state index is -5.20. The molecule has 0 radical (unpaired) electrons. The summed E-state index contributed by atoms with van der Waals surface area (Å²) >= 11 is 0. The van der Waals surface area contributed by atoms with Gasteiger partial charge in [0, 0.05) is 62.5 Å². The van der Waals surface area contributed by atoms with Crippen LogP contribution in [-0.2, 0) is 11.2 Å². The monoisotopic (exact) mass is 576 g/mol. The van der Waals surface area contributed by atoms with E-state index in [4.69, 9.17) is 11.5 Å². The summed E-state index contributed by atoms with van der Waals surface area (Å²) in [6.45, 7) is 0.706. The Balaban J connectivity index is 1.59. The molecule has 3 aromatic heterocycles. The Morgan fingerprint density at radius 3 is 2.66 bits per heavy atom. The third-order valence-electron chi connectivity index (χ3n) is 6.94. The standard InChI is InChI=1S/C26H25F5N8O2/c1-34-24(40)25(33)3-2-5-38(13-25)20-12-36-19(16-9-18(28)21(10-17(16)27)41-26(29,30)31)8-14(20)7-15-11-37-23-22(32)35-4-6-39(15)23/h4,6,8-12H,2-3,5,7,13,33H2,1H3,(H2,32,35)(H,34,40). The van der Waals surface area contributed by atoms with E-state index in [0.29, 0.717) is 54.1 Å². The number of halogens is 5. The Morgan fingerprint density at radius 1 is 1.15 bits per heavy atom. The molecule has 5 N–H and O–H groups in total. The van der Waals surface area contributed by atoms with Gasteiger partial charge in [0.25, 0.3) is 0 Å². The fourth-order valence-electron chi connectivity index (χ4n) is 5.03. The molecule has 4 aromatic rings. The topological polar surface area (TPSA) is 137 Å². The molecule has 5 rings (SSSR count). The number of fused-ring (bicyclic) bond motifs is 1. The fraction of sp³-hybridized carbons (Fsp3) is 0.308. The number of nitrogens with two attached hydrogens (primary N) is 2. The van der Waals surface area contributed by atoms with Gasteiger partial charge in [-0.05, 0) is 30.5 Å². The lowest BCUT2D eigenvalue weighted by Crippen LogP contribution is -2.62. The SMILES string of the molecule is CNC(=O)C1(N)CCCN(c2cnc(-c3cc(F)c(OC(F)(F)F)cc3F)cc2Cc2cnc3c(N)nccn23)C1. The zero-order valence-corrected chi connectivity index (χ0v) is 21.7. The summed E-state index contributed by atoms with van der Waals surface area (Å²) in [4.78, 5) is 27.1. The van der Waals surface area contributed by atoms with E-state index >= 15 is 0 Å². The minimum absolute atomic E-state index is 0.0315. The van der Waals surface area contributed by atoms with Gasteiger partial charge in [-0.1, -0.05) is 0 Å². The Morgan fingerprint density at radius 2 is 1.93 bits per heavy atom. The molecule has 1 aliphatic rings. The molecule has 0 spiro atoms. The predicted molar refractivity (Wildman–Crippen MR) is 139 cm³/mol. The van der Waals surface area contributed by atoms with Gasteiger partial charge in [-0.2, -0.15) is 0 Å². The van der Waals surface area contributed by atoms with Crippen molar-refractivity contribution >= 4 is 23.1 Å². The van der Waals surface area contributed by atoms with Crippen molar-refractivity contribution in [2.75, 3.05) is 30.8 Å². The Hall–Kier alpha value is -4.53. The maximum Gasteiger partial charge on any atom is 0.573 e. The van der Waals surface area contributed by atoms with Crippen molar-refractivity contribution in [1.29, 1.82) is 0 Å². The molecule has 41 heavy (non-hydrogen) atoms. The third-order valence-corrected chi connectivity index (χ3v) is 6.94. The number of rotatable bonds is 6. The lowest BCUT2D eigenvalue weighted by Gasteiger charge is -2.40. The number of hydrogen-bond donors (Lipinski definition) is 3. The summed E-state index contributed by atoms with van der Waals surface area (Å²) in [5.74, 6) is -3.98. The second-order valence-corrected chi connectivity index (χ2v) is 9.70. The second kappa shape index (κ2) is 10.5. The van der Waals surface area contributed by atoms with Crippen molar-refractivity contribution in [2.24, 2.45) is 5.73 Å². The number of carbonyl (C=O) groups is 1. The van der Waals surface area contributed by atoms with Crippen molar-refractivity contribution in [3.63, 3.8) is 0 Å². The zero-order valence-electron chi connectivity index (χ0n) is 21.7. The summed E-state index contributed by atoms with van der Waals surface area (Å²) in [6.07, 6.45) is 2.28. The van der Waals surface area contributed by atoms with Gasteiger partial charge in [0.1, 0.15) is 11.4 Å². The highest BCUT2D eigenvalue weighted by Gasteiger charge is 2.39. The molecule has 1 saturated heterocycles. The number of amides is 1. The van der Waals surface area contributed by atoms with Gasteiger partial charge in [-0.3, -0.25) is 14.2 Å². The number of likely N-dealkylation sites (N-methyl/N-ethyl adjacent to an activating group) is 1. The molecule has 0 bridgehead atoms. The van der Waals surface area contributed by atoms with Crippen LogP contribution in [0.3, 0.4) is 0 Å². The lowest BCUT2D eigenvalue weighted by atomic mass is 9.88. The number of ether oxygens (including phenoxy) is 1. The summed E-state index contributed by atoms with van der Waals surface area (Å²) in [5.41, 5.74) is 13.1. The van der Waals surface area contributed by atoms with E-state index in [1.54, 1.807) is 16.8 Å². The van der Waals surface area contributed by atoms with Gasteiger partial charge in [-0.25, -0.2) is 18.7 Å². The molecule has 10 nitrogen and oxygen atoms in total. The number of hydrogen-bond acceptors (Lipinski definition) is 8. The molecule has 0 saturated carbocycles. The number of aromatic nitrogens is 4. The second-order valence-electron chi connectivity index (χ2n) is 9.70. The van der Waals surface area contributed by atoms with Crippen LogP contribution in [0.25, 0.3) is 16.9 Å². The first kappa shape index (κ1) is 28.0. The van der Waals surface area contributed by atoms with Crippen molar-refractivity contribution in [3.05, 3.63) is 65.9 Å². The zero-order chi connectivity index (χ0) is 29.5. The average molecular weight is 577 g/mol. The average Bonchev–Trinajstić information content (AvgIpc) is 3.33. The van der Waals surface area contributed by atoms with Gasteiger partial charge >= 0.3 is 6.36 Å². The van der Waals surface area contributed by atoms with E-state index in [2.05, 4.69) is 25.0 Å². The van der Waals surface area contributed by atoms with Crippen LogP contribution in [0, 0.1) is 11.6 Å². The first-order chi connectivity index (χ1) is 19.4. The van der Waals surface area contributed by atoms with Gasteiger partial charge in [0.15, 0.2) is 23.0 Å². The number of alkyl halides is 3. The van der Waals surface area contributed by atoms with Gasteiger partial charge < -0.3 is 26.4 Å². The minimum Gasteiger partial charge on any atom is -0.403 e. The smallest absolute Gasteiger partial charge is 0.403 e. The van der Waals surface area contributed by atoms with Crippen LogP contribution in [0.1, 0.15) is 24.1 Å². The number of anilines is 2. The Bertz CT molecular complexity index is 1630. The van der Waals surface area contributed by atoms with Gasteiger partial charge in [0.05, 0.1) is 17.6 Å². The number of nitrogens with zero attached hydrogens (tertiary/aromatic N) is 5. The first-order valence-electron chi connectivity index (χ1n) is 12.4. The van der Waals surface area contributed by atoms with Crippen molar-refractivity contribution in [3.8, 4) is 17.0 Å². The summed E-state index contributed by atoms with van der Waals surface area (Å²) in [5, 5.41) is 2.59. The molecule has 0 aliphatic carbocycles. The van der Waals surface area contributed by atoms with Crippen LogP contribution < -0.4 is 26.4 Å². The van der Waals surface area contributed by atoms with E-state index in [1.165, 1.54) is 25.5 Å². The third kappa shape index (κ3) is 5.57. The van der Waals surface area contributed by atoms with Gasteiger partial charge in [-0.15, -0.1) is 13.2 Å². The van der Waals surface area contributed by atoms with Crippen LogP contribution in [0.4, 0.5) is 33.5 Å². The van der Waals surface area contributed by atoms with E-state index < -0.39 is 29.3 Å². The van der Waals surface area contributed by atoms with Crippen LogP contribution >= 0.6 is 0 Å². The van der Waals surface area contributed by atoms with Crippen molar-refractivity contribution in [1.82, 2.24) is 24.7 Å². The van der Waals surface area contributed by atoms with Gasteiger partial charge in [0.2, 0.25) is 5.91 Å². The number of carbonyl (C=O) groups excluding carboxylic acids is 1. The summed E-state index contributed by atoms with van der Waals surface area (Å²) in [6, 6.07) is 2.43. The number of nitrogens with one attached hydrogen (secondary N) is 1. The van der Waals surface area contributed by atoms with E-state index in [0.717, 1.165) is 0 Å². The van der Waals surface area contributed by atoms with Crippen LogP contribution in [0.15, 0.2) is 43.0 Å². The van der Waals surface area contributed by atoms with Crippen molar-refractivity contribution < 1.29 is 31.5 Å². The quantitative estimate of drug-likeness (QED) is 0.298. The molecule has 1 amide bonds. The number of nitrogen functional groups attached to an aromatic ring is 1. The number of pyridine rings is 1. The molecule has 1 unspecified atom stereocenters. The summed E-state index contributed by atoms with van der Waals surface area (Å²) in [7, 11) is 1.50. The van der Waals surface area contributed by atoms with E-state index in [-0.39, 0.29) is 35.9 Å². The Labute approximate surface area is 230 Å². The molecule has 216 valence electrons. The van der Waals surface area contributed by atoms with Crippen LogP contribution in [0.5, 0.6) is 5.75 Å². The van der Waals surface area contributed by atoms with Crippen LogP contribution in [-0.4, -0.2) is 57.3 Å². The maximum absolute atomic E-state index is 15.0. The molecule has 1 atom stereocenters. The molecule has 1 aromatic carbocycles. The maximum atomic E-state index is 15.0. The predicted octanol–water partition coefficient (Wildman–Crippen LogP) is 3.18. The van der Waals surface area contributed by atoms with E-state index in [1.807, 2.05) is 4.90 Å². The molecular weight excluding hydrogens is 551 g/mol. The Kier molecular flexibility index (Phi) is 7.15. The molecule has 1 fully saturated rings. The highest BCUT2D eigenvalue weighted by atomic mass is 19.4. The summed E-state index contributed by atoms with van der Waals surface area (Å²) < 4.78 is 72.6. The fourth-order valence-corrected chi connectivity index (χ4v) is 5.03. The highest BCUT2D eigenvalue weighted by molar-refractivity contribution is 5.87. The number of piperidine rings is 1. The van der Waals surface area contributed by atoms with Crippen LogP contribution in [0.2, 0.25) is 0 Å². The number of benzene rings is 1. The molecule has 15 heteroatoms. The molecule has 4 heterocycles. The van der Waals surface area contributed by atoms with E-state index in [9.17, 15) is 26.7 Å². The largest absolute Gasteiger partial charge is 0.573 e. The number of imidazole rings is 1. The highest BCUT2D eigenvalue weighted by Crippen LogP contribution is 2.35. The molecule has 1 aliphatic heterocycles. The molecular formula is C26H25F5N8O2. The lowest BCUT2D eigenvalue weighted by molar-refractivity contribution is -0.275. The normalized spacial score (nSPS) is 17.6. The first-order valence-corrected chi connectivity index (χ1v) is 12.4. The van der Waals surface area contributed by atoms with Crippen molar-refractivity contribution in [2.45, 2.75) is 31.2 Å².